The van der Waals surface area contributed by atoms with Gasteiger partial charge in [-0.05, 0) is 18.9 Å². The summed E-state index contributed by atoms with van der Waals surface area (Å²) in [5, 5.41) is 7.83. The van der Waals surface area contributed by atoms with Crippen LogP contribution in [0.5, 0.6) is 0 Å². The molecule has 3 rings (SSSR count). The molecule has 0 spiro atoms. The van der Waals surface area contributed by atoms with E-state index >= 15 is 0 Å². The van der Waals surface area contributed by atoms with Crippen LogP contribution in [-0.4, -0.2) is 10.2 Å². The highest BCUT2D eigenvalue weighted by Crippen LogP contribution is 2.42. The zero-order chi connectivity index (χ0) is 9.60. The van der Waals surface area contributed by atoms with E-state index in [2.05, 4.69) is 10.2 Å². The summed E-state index contributed by atoms with van der Waals surface area (Å²) in [6.07, 6.45) is 4.96. The second kappa shape index (κ2) is 2.45. The Morgan fingerprint density at radius 1 is 1.36 bits per heavy atom. The van der Waals surface area contributed by atoms with Crippen molar-refractivity contribution in [1.82, 2.24) is 10.2 Å². The first-order valence-electron chi connectivity index (χ1n) is 4.43. The standard InChI is InChI=1S/C9H9N3O2/c10-9(2-3-9)8-12-11-7(14-8)6-1-4-13-5-6/h1,4-5H,2-3,10H2. The van der Waals surface area contributed by atoms with Crippen LogP contribution >= 0.6 is 0 Å². The minimum absolute atomic E-state index is 0.366. The average molecular weight is 191 g/mol. The van der Waals surface area contributed by atoms with E-state index in [9.17, 15) is 0 Å². The fourth-order valence-electron chi connectivity index (χ4n) is 1.28. The molecule has 1 aliphatic rings. The van der Waals surface area contributed by atoms with Crippen molar-refractivity contribution in [2.45, 2.75) is 18.4 Å². The van der Waals surface area contributed by atoms with Gasteiger partial charge in [-0.15, -0.1) is 10.2 Å². The minimum Gasteiger partial charge on any atom is -0.472 e. The predicted molar refractivity (Wildman–Crippen MR) is 47.1 cm³/mol. The van der Waals surface area contributed by atoms with Crippen LogP contribution < -0.4 is 5.73 Å². The third-order valence-corrected chi connectivity index (χ3v) is 2.41. The van der Waals surface area contributed by atoms with E-state index in [1.165, 1.54) is 0 Å². The second-order valence-electron chi connectivity index (χ2n) is 3.58. The molecule has 0 saturated heterocycles. The first-order valence-corrected chi connectivity index (χ1v) is 4.43. The van der Waals surface area contributed by atoms with E-state index in [4.69, 9.17) is 14.6 Å². The largest absolute Gasteiger partial charge is 0.472 e. The molecule has 0 unspecified atom stereocenters. The number of nitrogens with two attached hydrogens (primary N) is 1. The summed E-state index contributed by atoms with van der Waals surface area (Å²) in [6.45, 7) is 0. The van der Waals surface area contributed by atoms with E-state index in [0.29, 0.717) is 11.8 Å². The van der Waals surface area contributed by atoms with Crippen LogP contribution in [0.15, 0.2) is 27.4 Å². The summed E-state index contributed by atoms with van der Waals surface area (Å²) in [6, 6.07) is 1.77. The Labute approximate surface area is 79.9 Å². The molecule has 0 atom stereocenters. The van der Waals surface area contributed by atoms with Gasteiger partial charge >= 0.3 is 0 Å². The van der Waals surface area contributed by atoms with Crippen LogP contribution in [0.2, 0.25) is 0 Å². The molecule has 2 aromatic rings. The molecular weight excluding hydrogens is 182 g/mol. The quantitative estimate of drug-likeness (QED) is 0.773. The zero-order valence-electron chi connectivity index (χ0n) is 7.43. The Morgan fingerprint density at radius 3 is 2.86 bits per heavy atom. The molecule has 0 radical (unpaired) electrons. The normalized spacial score (nSPS) is 18.4. The minimum atomic E-state index is -0.366. The van der Waals surface area contributed by atoms with Gasteiger partial charge in [-0.25, -0.2) is 0 Å². The third-order valence-electron chi connectivity index (χ3n) is 2.41. The van der Waals surface area contributed by atoms with E-state index in [1.54, 1.807) is 18.6 Å². The fraction of sp³-hybridized carbons (Fsp3) is 0.333. The monoisotopic (exact) mass is 191 g/mol. The van der Waals surface area contributed by atoms with Crippen LogP contribution in [0.25, 0.3) is 11.5 Å². The Bertz CT molecular complexity index is 442. The topological polar surface area (TPSA) is 78.1 Å². The van der Waals surface area contributed by atoms with Crippen LogP contribution in [0.3, 0.4) is 0 Å². The van der Waals surface area contributed by atoms with Gasteiger partial charge in [0, 0.05) is 0 Å². The highest BCUT2D eigenvalue weighted by atomic mass is 16.4. The van der Waals surface area contributed by atoms with Crippen molar-refractivity contribution >= 4 is 0 Å². The maximum absolute atomic E-state index is 5.91. The molecular formula is C9H9N3O2. The molecule has 14 heavy (non-hydrogen) atoms. The number of hydrogen-bond acceptors (Lipinski definition) is 5. The lowest BCUT2D eigenvalue weighted by Crippen LogP contribution is -2.18. The highest BCUT2D eigenvalue weighted by Gasteiger charge is 2.45. The van der Waals surface area contributed by atoms with Gasteiger partial charge < -0.3 is 14.6 Å². The lowest BCUT2D eigenvalue weighted by molar-refractivity contribution is 0.448. The van der Waals surface area contributed by atoms with Gasteiger partial charge in [0.15, 0.2) is 0 Å². The summed E-state index contributed by atoms with van der Waals surface area (Å²) in [7, 11) is 0. The van der Waals surface area contributed by atoms with Gasteiger partial charge in [0.1, 0.15) is 6.26 Å². The van der Waals surface area contributed by atoms with Crippen LogP contribution in [0.4, 0.5) is 0 Å². The van der Waals surface area contributed by atoms with Gasteiger partial charge in [0.2, 0.25) is 5.89 Å². The number of furan rings is 1. The molecule has 2 aromatic heterocycles. The molecule has 72 valence electrons. The van der Waals surface area contributed by atoms with Gasteiger partial charge in [0.25, 0.3) is 5.89 Å². The van der Waals surface area contributed by atoms with Crippen molar-refractivity contribution in [2.24, 2.45) is 5.73 Å². The van der Waals surface area contributed by atoms with Gasteiger partial charge in [-0.3, -0.25) is 0 Å². The third kappa shape index (κ3) is 1.06. The Balaban J connectivity index is 1.98. The number of nitrogens with zero attached hydrogens (tertiary/aromatic N) is 2. The van der Waals surface area contributed by atoms with Crippen molar-refractivity contribution in [3.63, 3.8) is 0 Å². The molecule has 0 aliphatic heterocycles. The maximum Gasteiger partial charge on any atom is 0.251 e. The SMILES string of the molecule is NC1(c2nnc(-c3ccoc3)o2)CC1. The zero-order valence-corrected chi connectivity index (χ0v) is 7.43. The second-order valence-corrected chi connectivity index (χ2v) is 3.58. The summed E-state index contributed by atoms with van der Waals surface area (Å²) in [5.74, 6) is 0.985. The smallest absolute Gasteiger partial charge is 0.251 e. The molecule has 0 aromatic carbocycles. The average Bonchev–Trinajstić information content (AvgIpc) is 2.73. The predicted octanol–water partition coefficient (Wildman–Crippen LogP) is 1.28. The lowest BCUT2D eigenvalue weighted by Gasteiger charge is -1.98. The summed E-state index contributed by atoms with van der Waals surface area (Å²) in [4.78, 5) is 0. The van der Waals surface area contributed by atoms with Gasteiger partial charge in [-0.1, -0.05) is 0 Å². The van der Waals surface area contributed by atoms with Crippen molar-refractivity contribution in [1.29, 1.82) is 0 Å². The molecule has 5 nitrogen and oxygen atoms in total. The summed E-state index contributed by atoms with van der Waals surface area (Å²) in [5.41, 5.74) is 6.33. The van der Waals surface area contributed by atoms with Gasteiger partial charge in [-0.2, -0.15) is 0 Å². The van der Waals surface area contributed by atoms with Crippen LogP contribution in [-0.2, 0) is 5.54 Å². The first-order chi connectivity index (χ1) is 6.78. The molecule has 0 amide bonds. The molecule has 1 aliphatic carbocycles. The number of rotatable bonds is 2. The van der Waals surface area contributed by atoms with Crippen LogP contribution in [0.1, 0.15) is 18.7 Å². The van der Waals surface area contributed by atoms with Crippen molar-refractivity contribution in [3.8, 4) is 11.5 Å². The highest BCUT2D eigenvalue weighted by molar-refractivity contribution is 5.49. The number of aromatic nitrogens is 2. The molecule has 5 heteroatoms. The van der Waals surface area contributed by atoms with Crippen molar-refractivity contribution in [3.05, 3.63) is 24.5 Å². The number of hydrogen-bond donors (Lipinski definition) is 1. The fourth-order valence-corrected chi connectivity index (χ4v) is 1.28. The first kappa shape index (κ1) is 7.75. The van der Waals surface area contributed by atoms with Crippen molar-refractivity contribution < 1.29 is 8.83 Å². The molecule has 2 N–H and O–H groups in total. The Morgan fingerprint density at radius 2 is 2.21 bits per heavy atom. The van der Waals surface area contributed by atoms with E-state index in [0.717, 1.165) is 18.4 Å². The molecule has 1 saturated carbocycles. The summed E-state index contributed by atoms with van der Waals surface area (Å²) < 4.78 is 10.4. The summed E-state index contributed by atoms with van der Waals surface area (Å²) >= 11 is 0. The lowest BCUT2D eigenvalue weighted by atomic mass is 10.3. The van der Waals surface area contributed by atoms with E-state index < -0.39 is 0 Å². The Hall–Kier alpha value is -1.62. The van der Waals surface area contributed by atoms with E-state index in [-0.39, 0.29) is 5.54 Å². The van der Waals surface area contributed by atoms with Gasteiger partial charge in [0.05, 0.1) is 17.4 Å². The van der Waals surface area contributed by atoms with Crippen molar-refractivity contribution in [2.75, 3.05) is 0 Å². The van der Waals surface area contributed by atoms with E-state index in [1.807, 2.05) is 0 Å². The Kier molecular flexibility index (Phi) is 1.36. The van der Waals surface area contributed by atoms with Crippen LogP contribution in [0, 0.1) is 0 Å². The molecule has 1 fully saturated rings. The maximum atomic E-state index is 5.91. The molecule has 2 heterocycles. The molecule has 0 bridgehead atoms.